The van der Waals surface area contributed by atoms with Crippen molar-refractivity contribution in [2.75, 3.05) is 5.75 Å². The van der Waals surface area contributed by atoms with E-state index >= 15 is 0 Å². The molecular formula is C19H16F2N2O3S. The maximum absolute atomic E-state index is 12.2. The number of Topliss-reactive ketones (excluding diaryl/α,β-unsaturated/α-hetero) is 1. The molecule has 0 aliphatic heterocycles. The fraction of sp³-hybridized carbons (Fsp3) is 0.211. The summed E-state index contributed by atoms with van der Waals surface area (Å²) >= 11 is 1.37. The van der Waals surface area contributed by atoms with Gasteiger partial charge in [-0.05, 0) is 30.7 Å². The normalized spacial score (nSPS) is 10.9. The average Bonchev–Trinajstić information content (AvgIpc) is 3.15. The van der Waals surface area contributed by atoms with Gasteiger partial charge in [0.25, 0.3) is 5.22 Å². The van der Waals surface area contributed by atoms with Crippen LogP contribution in [-0.2, 0) is 0 Å². The van der Waals surface area contributed by atoms with Gasteiger partial charge in [-0.15, -0.1) is 10.2 Å². The zero-order valence-electron chi connectivity index (χ0n) is 14.2. The molecule has 0 spiro atoms. The van der Waals surface area contributed by atoms with Crippen molar-refractivity contribution >= 4 is 17.5 Å². The molecule has 27 heavy (non-hydrogen) atoms. The zero-order chi connectivity index (χ0) is 19.1. The van der Waals surface area contributed by atoms with E-state index < -0.39 is 6.61 Å². The number of halogens is 2. The fourth-order valence-electron chi connectivity index (χ4n) is 2.32. The van der Waals surface area contributed by atoms with Crippen LogP contribution in [0.3, 0.4) is 0 Å². The molecule has 1 heterocycles. The first-order valence-electron chi connectivity index (χ1n) is 8.21. The average molecular weight is 390 g/mol. The molecule has 0 atom stereocenters. The first-order valence-corrected chi connectivity index (χ1v) is 9.20. The lowest BCUT2D eigenvalue weighted by Gasteiger charge is -2.03. The van der Waals surface area contributed by atoms with E-state index in [9.17, 15) is 13.6 Å². The molecule has 0 amide bonds. The number of nitrogens with zero attached hydrogens (tertiary/aromatic N) is 2. The quantitative estimate of drug-likeness (QED) is 0.288. The topological polar surface area (TPSA) is 65.2 Å². The van der Waals surface area contributed by atoms with E-state index in [-0.39, 0.29) is 11.5 Å². The third-order valence-corrected chi connectivity index (χ3v) is 4.51. The van der Waals surface area contributed by atoms with E-state index in [1.807, 2.05) is 18.2 Å². The number of benzene rings is 2. The summed E-state index contributed by atoms with van der Waals surface area (Å²) in [6, 6.07) is 15.1. The van der Waals surface area contributed by atoms with Crippen molar-refractivity contribution in [1.29, 1.82) is 0 Å². The number of ketones is 1. The van der Waals surface area contributed by atoms with Crippen molar-refractivity contribution in [3.63, 3.8) is 0 Å². The van der Waals surface area contributed by atoms with Gasteiger partial charge < -0.3 is 9.15 Å². The van der Waals surface area contributed by atoms with Gasteiger partial charge >= 0.3 is 6.61 Å². The van der Waals surface area contributed by atoms with Gasteiger partial charge in [0, 0.05) is 23.3 Å². The molecule has 3 aromatic rings. The zero-order valence-corrected chi connectivity index (χ0v) is 15.0. The number of rotatable bonds is 9. The lowest BCUT2D eigenvalue weighted by Crippen LogP contribution is -2.01. The molecule has 1 aromatic heterocycles. The summed E-state index contributed by atoms with van der Waals surface area (Å²) in [5.74, 6) is 1.13. The van der Waals surface area contributed by atoms with E-state index in [2.05, 4.69) is 14.9 Å². The minimum Gasteiger partial charge on any atom is -0.435 e. The number of thioether (sulfide) groups is 1. The van der Waals surface area contributed by atoms with Gasteiger partial charge in [0.05, 0.1) is 0 Å². The highest BCUT2D eigenvalue weighted by Gasteiger charge is 2.11. The highest BCUT2D eigenvalue weighted by atomic mass is 32.2. The summed E-state index contributed by atoms with van der Waals surface area (Å²) in [4.78, 5) is 12.0. The summed E-state index contributed by atoms with van der Waals surface area (Å²) in [6.45, 7) is -2.86. The van der Waals surface area contributed by atoms with Crippen molar-refractivity contribution in [1.82, 2.24) is 10.2 Å². The van der Waals surface area contributed by atoms with E-state index in [4.69, 9.17) is 4.42 Å². The van der Waals surface area contributed by atoms with Crippen LogP contribution in [0.2, 0.25) is 0 Å². The van der Waals surface area contributed by atoms with Crippen LogP contribution in [0, 0.1) is 0 Å². The molecule has 0 radical (unpaired) electrons. The predicted molar refractivity (Wildman–Crippen MR) is 97.1 cm³/mol. The highest BCUT2D eigenvalue weighted by Crippen LogP contribution is 2.26. The molecule has 140 valence electrons. The van der Waals surface area contributed by atoms with E-state index in [1.165, 1.54) is 23.9 Å². The molecule has 8 heteroatoms. The van der Waals surface area contributed by atoms with Gasteiger partial charge in [0.15, 0.2) is 5.78 Å². The number of hydrogen-bond donors (Lipinski definition) is 0. The van der Waals surface area contributed by atoms with E-state index in [0.29, 0.717) is 40.8 Å². The molecule has 0 aliphatic carbocycles. The molecule has 5 nitrogen and oxygen atoms in total. The summed E-state index contributed by atoms with van der Waals surface area (Å²) < 4.78 is 34.2. The van der Waals surface area contributed by atoms with Gasteiger partial charge in [-0.2, -0.15) is 8.78 Å². The molecule has 0 N–H and O–H groups in total. The fourth-order valence-corrected chi connectivity index (χ4v) is 3.02. The maximum atomic E-state index is 12.2. The smallest absolute Gasteiger partial charge is 0.387 e. The third kappa shape index (κ3) is 5.62. The Labute approximate surface area is 158 Å². The molecule has 0 saturated heterocycles. The summed E-state index contributed by atoms with van der Waals surface area (Å²) in [5, 5.41) is 8.29. The number of hydrogen-bond acceptors (Lipinski definition) is 6. The van der Waals surface area contributed by atoms with Gasteiger partial charge in [-0.3, -0.25) is 4.79 Å². The molecular weight excluding hydrogens is 374 g/mol. The first kappa shape index (κ1) is 19.0. The van der Waals surface area contributed by atoms with Crippen LogP contribution in [0.4, 0.5) is 8.78 Å². The van der Waals surface area contributed by atoms with Gasteiger partial charge in [-0.25, -0.2) is 0 Å². The van der Waals surface area contributed by atoms with Crippen LogP contribution >= 0.6 is 11.8 Å². The van der Waals surface area contributed by atoms with Crippen molar-refractivity contribution < 1.29 is 22.7 Å². The summed E-state index contributed by atoms with van der Waals surface area (Å²) in [6.07, 6.45) is 1.14. The van der Waals surface area contributed by atoms with Crippen LogP contribution in [0.15, 0.2) is 64.2 Å². The predicted octanol–water partition coefficient (Wildman–Crippen LogP) is 5.09. The third-order valence-electron chi connectivity index (χ3n) is 3.60. The van der Waals surface area contributed by atoms with Crippen LogP contribution in [0.25, 0.3) is 11.5 Å². The van der Waals surface area contributed by atoms with E-state index in [1.54, 1.807) is 24.3 Å². The van der Waals surface area contributed by atoms with Crippen LogP contribution in [0.5, 0.6) is 5.75 Å². The largest absolute Gasteiger partial charge is 0.435 e. The van der Waals surface area contributed by atoms with E-state index in [0.717, 1.165) is 0 Å². The van der Waals surface area contributed by atoms with Gasteiger partial charge in [-0.1, -0.05) is 42.1 Å². The van der Waals surface area contributed by atoms with Crippen molar-refractivity contribution in [2.24, 2.45) is 0 Å². The molecule has 0 unspecified atom stereocenters. The summed E-state index contributed by atoms with van der Waals surface area (Å²) in [7, 11) is 0. The number of ether oxygens (including phenoxy) is 1. The Balaban J connectivity index is 1.47. The van der Waals surface area contributed by atoms with Gasteiger partial charge in [0.2, 0.25) is 5.89 Å². The molecule has 0 aliphatic rings. The van der Waals surface area contributed by atoms with Crippen molar-refractivity contribution in [3.05, 3.63) is 60.2 Å². The number of alkyl halides is 2. The summed E-state index contributed by atoms with van der Waals surface area (Å²) in [5.41, 5.74) is 1.32. The molecule has 3 rings (SSSR count). The van der Waals surface area contributed by atoms with Crippen LogP contribution < -0.4 is 4.74 Å². The first-order chi connectivity index (χ1) is 13.1. The number of carbonyl (C=O) groups excluding carboxylic acids is 1. The Kier molecular flexibility index (Phi) is 6.54. The Bertz CT molecular complexity index is 870. The van der Waals surface area contributed by atoms with Gasteiger partial charge in [0.1, 0.15) is 5.75 Å². The Morgan fingerprint density at radius 2 is 1.81 bits per heavy atom. The monoisotopic (exact) mass is 390 g/mol. The molecule has 0 fully saturated rings. The second-order valence-corrected chi connectivity index (χ2v) is 6.56. The SMILES string of the molecule is O=C(CCCSc1nnc(-c2ccc(OC(F)F)cc2)o1)c1ccccc1. The molecule has 2 aromatic carbocycles. The minimum absolute atomic E-state index is 0.0611. The maximum Gasteiger partial charge on any atom is 0.387 e. The minimum atomic E-state index is -2.86. The lowest BCUT2D eigenvalue weighted by molar-refractivity contribution is -0.0498. The number of aromatic nitrogens is 2. The van der Waals surface area contributed by atoms with Crippen molar-refractivity contribution in [2.45, 2.75) is 24.7 Å². The standard InChI is InChI=1S/C19H16F2N2O3S/c20-18(21)25-15-10-8-14(9-11-15)17-22-23-19(26-17)27-12-4-7-16(24)13-5-2-1-3-6-13/h1-3,5-6,8-11,18H,4,7,12H2. The highest BCUT2D eigenvalue weighted by molar-refractivity contribution is 7.99. The molecule has 0 saturated carbocycles. The Morgan fingerprint density at radius 1 is 1.07 bits per heavy atom. The second-order valence-electron chi connectivity index (χ2n) is 5.52. The van der Waals surface area contributed by atoms with Crippen LogP contribution in [0.1, 0.15) is 23.2 Å². The van der Waals surface area contributed by atoms with Crippen molar-refractivity contribution in [3.8, 4) is 17.2 Å². The van der Waals surface area contributed by atoms with Crippen LogP contribution in [-0.4, -0.2) is 28.3 Å². The second kappa shape index (κ2) is 9.27. The molecule has 0 bridgehead atoms. The Hall–Kier alpha value is -2.74. The Morgan fingerprint density at radius 3 is 2.52 bits per heavy atom. The lowest BCUT2D eigenvalue weighted by atomic mass is 10.1. The number of carbonyl (C=O) groups is 1.